The third-order valence-electron chi connectivity index (χ3n) is 2.99. The lowest BCUT2D eigenvalue weighted by atomic mass is 10.2. The van der Waals surface area contributed by atoms with Crippen molar-refractivity contribution in [2.45, 2.75) is 33.0 Å². The van der Waals surface area contributed by atoms with Gasteiger partial charge in [-0.25, -0.2) is 0 Å². The topological polar surface area (TPSA) is 45.7 Å². The van der Waals surface area contributed by atoms with E-state index in [9.17, 15) is 0 Å². The fraction of sp³-hybridized carbons (Fsp3) is 0.353. The molecule has 0 aliphatic heterocycles. The zero-order valence-electron chi connectivity index (χ0n) is 13.3. The molecule has 2 rings (SSSR count). The predicted molar refractivity (Wildman–Crippen MR) is 93.6 cm³/mol. The highest BCUT2D eigenvalue weighted by atomic mass is 32.1. The quantitative estimate of drug-likeness (QED) is 0.634. The number of ether oxygens (including phenoxy) is 1. The normalized spacial score (nSPS) is 11.5. The van der Waals surface area contributed by atoms with Crippen molar-refractivity contribution in [3.05, 3.63) is 52.2 Å². The number of guanidine groups is 1. The van der Waals surface area contributed by atoms with Crippen LogP contribution >= 0.6 is 11.3 Å². The van der Waals surface area contributed by atoms with Gasteiger partial charge in [-0.3, -0.25) is 4.99 Å². The zero-order chi connectivity index (χ0) is 15.8. The van der Waals surface area contributed by atoms with Crippen LogP contribution in [-0.4, -0.2) is 19.1 Å². The van der Waals surface area contributed by atoms with E-state index in [-0.39, 0.29) is 6.10 Å². The monoisotopic (exact) mass is 317 g/mol. The third kappa shape index (κ3) is 5.41. The molecule has 4 nitrogen and oxygen atoms in total. The molecule has 0 radical (unpaired) electrons. The van der Waals surface area contributed by atoms with Gasteiger partial charge in [-0.05, 0) is 53.9 Å². The lowest BCUT2D eigenvalue weighted by Crippen LogP contribution is -2.36. The maximum absolute atomic E-state index is 5.71. The first kappa shape index (κ1) is 16.4. The molecule has 0 bridgehead atoms. The van der Waals surface area contributed by atoms with Gasteiger partial charge in [0.05, 0.1) is 6.10 Å². The lowest BCUT2D eigenvalue weighted by Gasteiger charge is -2.13. The summed E-state index contributed by atoms with van der Waals surface area (Å²) in [5, 5.41) is 10.8. The van der Waals surface area contributed by atoms with Crippen molar-refractivity contribution in [3.63, 3.8) is 0 Å². The molecule has 0 amide bonds. The number of hydrogen-bond acceptors (Lipinski definition) is 3. The van der Waals surface area contributed by atoms with Crippen LogP contribution in [0.15, 0.2) is 46.1 Å². The Morgan fingerprint density at radius 1 is 1.18 bits per heavy atom. The Morgan fingerprint density at radius 2 is 1.95 bits per heavy atom. The van der Waals surface area contributed by atoms with Crippen LogP contribution in [0.1, 0.15) is 25.0 Å². The average Bonchev–Trinajstić information content (AvgIpc) is 3.00. The maximum atomic E-state index is 5.71. The Balaban J connectivity index is 1.85. The SMILES string of the molecule is CN=C(NCc1ccsc1)NCc1cccc(OC(C)C)c1. The zero-order valence-corrected chi connectivity index (χ0v) is 14.1. The number of aliphatic imine (C=N–C) groups is 1. The van der Waals surface area contributed by atoms with Crippen LogP contribution in [0.3, 0.4) is 0 Å². The Labute approximate surface area is 136 Å². The van der Waals surface area contributed by atoms with Crippen LogP contribution in [0.5, 0.6) is 5.75 Å². The molecular weight excluding hydrogens is 294 g/mol. The first-order chi connectivity index (χ1) is 10.7. The average molecular weight is 317 g/mol. The molecule has 1 aromatic heterocycles. The highest BCUT2D eigenvalue weighted by Gasteiger charge is 2.02. The van der Waals surface area contributed by atoms with E-state index >= 15 is 0 Å². The molecule has 2 N–H and O–H groups in total. The molecule has 0 aliphatic rings. The molecule has 0 aliphatic carbocycles. The fourth-order valence-corrected chi connectivity index (χ4v) is 2.65. The minimum atomic E-state index is 0.184. The minimum absolute atomic E-state index is 0.184. The number of nitrogens with zero attached hydrogens (tertiary/aromatic N) is 1. The van der Waals surface area contributed by atoms with Gasteiger partial charge in [0.15, 0.2) is 5.96 Å². The Morgan fingerprint density at radius 3 is 2.59 bits per heavy atom. The minimum Gasteiger partial charge on any atom is -0.491 e. The standard InChI is InChI=1S/C17H23N3OS/c1-13(2)21-16-6-4-5-14(9-16)10-19-17(18-3)20-11-15-7-8-22-12-15/h4-9,12-13H,10-11H2,1-3H3,(H2,18,19,20). The molecule has 1 aromatic carbocycles. The first-order valence-corrected chi connectivity index (χ1v) is 8.33. The van der Waals surface area contributed by atoms with E-state index in [2.05, 4.69) is 44.6 Å². The largest absolute Gasteiger partial charge is 0.491 e. The summed E-state index contributed by atoms with van der Waals surface area (Å²) < 4.78 is 5.71. The van der Waals surface area contributed by atoms with Gasteiger partial charge < -0.3 is 15.4 Å². The highest BCUT2D eigenvalue weighted by molar-refractivity contribution is 7.07. The molecule has 0 atom stereocenters. The second-order valence-electron chi connectivity index (χ2n) is 5.22. The summed E-state index contributed by atoms with van der Waals surface area (Å²) >= 11 is 1.70. The fourth-order valence-electron chi connectivity index (χ4n) is 1.99. The van der Waals surface area contributed by atoms with Gasteiger partial charge >= 0.3 is 0 Å². The molecule has 22 heavy (non-hydrogen) atoms. The van der Waals surface area contributed by atoms with Crippen molar-refractivity contribution in [1.82, 2.24) is 10.6 Å². The van der Waals surface area contributed by atoms with Gasteiger partial charge in [-0.15, -0.1) is 0 Å². The van der Waals surface area contributed by atoms with Crippen LogP contribution in [0.2, 0.25) is 0 Å². The number of thiophene rings is 1. The molecule has 0 fully saturated rings. The van der Waals surface area contributed by atoms with Crippen molar-refractivity contribution < 1.29 is 4.74 Å². The van der Waals surface area contributed by atoms with E-state index in [0.717, 1.165) is 23.8 Å². The number of benzene rings is 1. The Hall–Kier alpha value is -2.01. The molecule has 118 valence electrons. The van der Waals surface area contributed by atoms with Gasteiger partial charge in [-0.1, -0.05) is 12.1 Å². The van der Waals surface area contributed by atoms with Crippen LogP contribution in [-0.2, 0) is 13.1 Å². The molecule has 0 unspecified atom stereocenters. The van der Waals surface area contributed by atoms with E-state index < -0.39 is 0 Å². The van der Waals surface area contributed by atoms with Crippen molar-refractivity contribution in [2.75, 3.05) is 7.05 Å². The van der Waals surface area contributed by atoms with Crippen LogP contribution in [0.4, 0.5) is 0 Å². The summed E-state index contributed by atoms with van der Waals surface area (Å²) in [5.74, 6) is 1.69. The molecule has 1 heterocycles. The number of nitrogens with one attached hydrogen (secondary N) is 2. The van der Waals surface area contributed by atoms with E-state index in [1.165, 1.54) is 5.56 Å². The smallest absolute Gasteiger partial charge is 0.191 e. The van der Waals surface area contributed by atoms with Crippen molar-refractivity contribution in [2.24, 2.45) is 4.99 Å². The van der Waals surface area contributed by atoms with Crippen LogP contribution < -0.4 is 15.4 Å². The van der Waals surface area contributed by atoms with Crippen molar-refractivity contribution in [3.8, 4) is 5.75 Å². The summed E-state index contributed by atoms with van der Waals surface area (Å²) in [6, 6.07) is 10.2. The van der Waals surface area contributed by atoms with Gasteiger partial charge in [0.2, 0.25) is 0 Å². The highest BCUT2D eigenvalue weighted by Crippen LogP contribution is 2.14. The Kier molecular flexibility index (Phi) is 6.27. The predicted octanol–water partition coefficient (Wildman–Crippen LogP) is 3.40. The number of rotatable bonds is 6. The maximum Gasteiger partial charge on any atom is 0.191 e. The van der Waals surface area contributed by atoms with Crippen LogP contribution in [0.25, 0.3) is 0 Å². The van der Waals surface area contributed by atoms with Crippen molar-refractivity contribution >= 4 is 17.3 Å². The van der Waals surface area contributed by atoms with Gasteiger partial charge in [0, 0.05) is 20.1 Å². The second-order valence-corrected chi connectivity index (χ2v) is 6.00. The van der Waals surface area contributed by atoms with Crippen molar-refractivity contribution in [1.29, 1.82) is 0 Å². The van der Waals surface area contributed by atoms with E-state index in [1.54, 1.807) is 18.4 Å². The van der Waals surface area contributed by atoms with E-state index in [4.69, 9.17) is 4.74 Å². The van der Waals surface area contributed by atoms with Crippen LogP contribution in [0, 0.1) is 0 Å². The first-order valence-electron chi connectivity index (χ1n) is 7.38. The van der Waals surface area contributed by atoms with Gasteiger partial charge in [-0.2, -0.15) is 11.3 Å². The van der Waals surface area contributed by atoms with Gasteiger partial charge in [0.1, 0.15) is 5.75 Å². The summed E-state index contributed by atoms with van der Waals surface area (Å²) in [6.45, 7) is 5.54. The number of hydrogen-bond donors (Lipinski definition) is 2. The summed E-state index contributed by atoms with van der Waals surface area (Å²) in [7, 11) is 1.78. The van der Waals surface area contributed by atoms with E-state index in [1.807, 2.05) is 26.0 Å². The second kappa shape index (κ2) is 8.44. The molecular formula is C17H23N3OS. The van der Waals surface area contributed by atoms with E-state index in [0.29, 0.717) is 6.54 Å². The Bertz CT molecular complexity index is 594. The molecule has 5 heteroatoms. The van der Waals surface area contributed by atoms with Gasteiger partial charge in [0.25, 0.3) is 0 Å². The third-order valence-corrected chi connectivity index (χ3v) is 3.73. The molecule has 2 aromatic rings. The molecule has 0 spiro atoms. The summed E-state index contributed by atoms with van der Waals surface area (Å²) in [6.07, 6.45) is 0.184. The summed E-state index contributed by atoms with van der Waals surface area (Å²) in [4.78, 5) is 4.24. The molecule has 0 saturated heterocycles. The lowest BCUT2D eigenvalue weighted by molar-refractivity contribution is 0.242. The summed E-state index contributed by atoms with van der Waals surface area (Å²) in [5.41, 5.74) is 2.43. The molecule has 0 saturated carbocycles.